The van der Waals surface area contributed by atoms with E-state index >= 15 is 0 Å². The van der Waals surface area contributed by atoms with Crippen molar-refractivity contribution in [1.82, 2.24) is 4.90 Å². The van der Waals surface area contributed by atoms with Crippen molar-refractivity contribution in [2.75, 3.05) is 7.05 Å². The summed E-state index contributed by atoms with van der Waals surface area (Å²) in [6.07, 6.45) is 1.99. The molecule has 2 aromatic carbocycles. The normalized spacial score (nSPS) is 16.7. The first-order chi connectivity index (χ1) is 12.8. The summed E-state index contributed by atoms with van der Waals surface area (Å²) in [5, 5.41) is 0. The molecule has 0 unspecified atom stereocenters. The predicted octanol–water partition coefficient (Wildman–Crippen LogP) is 3.43. The second-order valence-electron chi connectivity index (χ2n) is 7.03. The molecule has 0 aliphatic carbocycles. The number of esters is 1. The fourth-order valence-electron chi connectivity index (χ4n) is 2.94. The van der Waals surface area contributed by atoms with E-state index in [4.69, 9.17) is 9.47 Å². The topological polar surface area (TPSA) is 55.8 Å². The van der Waals surface area contributed by atoms with Crippen LogP contribution in [0.5, 0.6) is 0 Å². The minimum absolute atomic E-state index is 0.0607. The van der Waals surface area contributed by atoms with Crippen LogP contribution in [0.2, 0.25) is 0 Å². The van der Waals surface area contributed by atoms with Crippen molar-refractivity contribution >= 4 is 11.9 Å². The molecule has 0 aromatic heterocycles. The third-order valence-electron chi connectivity index (χ3n) is 4.29. The average Bonchev–Trinajstić information content (AvgIpc) is 2.89. The van der Waals surface area contributed by atoms with Crippen LogP contribution in [-0.2, 0) is 32.0 Å². The van der Waals surface area contributed by atoms with Crippen molar-refractivity contribution < 1.29 is 19.1 Å². The van der Waals surface area contributed by atoms with E-state index in [1.807, 2.05) is 36.4 Å². The van der Waals surface area contributed by atoms with Gasteiger partial charge in [-0.25, -0.2) is 4.79 Å². The molecule has 140 valence electrons. The number of rotatable bonds is 5. The van der Waals surface area contributed by atoms with E-state index in [0.29, 0.717) is 6.54 Å². The van der Waals surface area contributed by atoms with Crippen LogP contribution in [0.15, 0.2) is 66.4 Å². The maximum absolute atomic E-state index is 12.5. The van der Waals surface area contributed by atoms with E-state index in [2.05, 4.69) is 18.2 Å². The molecule has 1 heterocycles. The zero-order chi connectivity index (χ0) is 19.4. The summed E-state index contributed by atoms with van der Waals surface area (Å²) < 4.78 is 10.4. The molecule has 0 saturated carbocycles. The van der Waals surface area contributed by atoms with Crippen molar-refractivity contribution in [2.45, 2.75) is 32.6 Å². The molecule has 5 nitrogen and oxygen atoms in total. The van der Waals surface area contributed by atoms with Gasteiger partial charge in [-0.15, -0.1) is 0 Å². The molecule has 3 rings (SSSR count). The first-order valence-corrected chi connectivity index (χ1v) is 8.84. The largest absolute Gasteiger partial charge is 0.445 e. The molecular formula is C22H23NO4. The lowest BCUT2D eigenvalue weighted by Gasteiger charge is -2.18. The summed E-state index contributed by atoms with van der Waals surface area (Å²) in [5.41, 5.74) is 3.44. The zero-order valence-electron chi connectivity index (χ0n) is 15.8. The van der Waals surface area contributed by atoms with Crippen LogP contribution in [0, 0.1) is 0 Å². The lowest BCUT2D eigenvalue weighted by molar-refractivity contribution is -0.159. The summed E-state index contributed by atoms with van der Waals surface area (Å²) in [5.74, 6) is -2.03. The van der Waals surface area contributed by atoms with Gasteiger partial charge in [0.05, 0.1) is 6.08 Å². The molecule has 0 atom stereocenters. The Kier molecular flexibility index (Phi) is 5.31. The minimum atomic E-state index is -1.04. The van der Waals surface area contributed by atoms with Crippen molar-refractivity contribution in [2.24, 2.45) is 0 Å². The van der Waals surface area contributed by atoms with E-state index in [1.54, 1.807) is 25.8 Å². The van der Waals surface area contributed by atoms with E-state index < -0.39 is 11.8 Å². The molecule has 5 heteroatoms. The fraction of sp³-hybridized carbons (Fsp3) is 0.273. The quantitative estimate of drug-likeness (QED) is 0.602. The Morgan fingerprint density at radius 2 is 1.63 bits per heavy atom. The van der Waals surface area contributed by atoms with Gasteiger partial charge in [-0.2, -0.15) is 0 Å². The molecule has 27 heavy (non-hydrogen) atoms. The van der Waals surface area contributed by atoms with Crippen LogP contribution in [-0.4, -0.2) is 29.6 Å². The molecular weight excluding hydrogens is 342 g/mol. The molecule has 1 fully saturated rings. The maximum Gasteiger partial charge on any atom is 0.377 e. The van der Waals surface area contributed by atoms with Crippen LogP contribution in [0.3, 0.4) is 0 Å². The molecule has 2 aromatic rings. The monoisotopic (exact) mass is 365 g/mol. The van der Waals surface area contributed by atoms with Crippen molar-refractivity contribution in [3.63, 3.8) is 0 Å². The fourth-order valence-corrected chi connectivity index (χ4v) is 2.94. The molecule has 0 N–H and O–H groups in total. The molecule has 0 spiro atoms. The number of nitrogens with zero attached hydrogens (tertiary/aromatic N) is 1. The van der Waals surface area contributed by atoms with Gasteiger partial charge in [0.15, 0.2) is 0 Å². The Bertz CT molecular complexity index is 871. The highest BCUT2D eigenvalue weighted by Gasteiger charge is 2.38. The first-order valence-electron chi connectivity index (χ1n) is 8.84. The number of carbonyl (C=O) groups excluding carboxylic acids is 2. The predicted molar refractivity (Wildman–Crippen MR) is 102 cm³/mol. The van der Waals surface area contributed by atoms with Crippen molar-refractivity contribution in [3.8, 4) is 0 Å². The van der Waals surface area contributed by atoms with Gasteiger partial charge < -0.3 is 14.4 Å². The summed E-state index contributed by atoms with van der Waals surface area (Å²) in [6.45, 7) is 3.68. The Morgan fingerprint density at radius 3 is 2.26 bits per heavy atom. The summed E-state index contributed by atoms with van der Waals surface area (Å²) in [6, 6.07) is 18.2. The smallest absolute Gasteiger partial charge is 0.377 e. The van der Waals surface area contributed by atoms with Crippen LogP contribution in [0.25, 0.3) is 0 Å². The average molecular weight is 365 g/mol. The molecule has 0 bridgehead atoms. The SMILES string of the molecule is CN(Cc1ccccc1Cc1ccccc1)C(=O)/C=C1\OC(C)(C)OC1=O. The second-order valence-corrected chi connectivity index (χ2v) is 7.03. The van der Waals surface area contributed by atoms with Crippen molar-refractivity contribution in [1.29, 1.82) is 0 Å². The number of amides is 1. The van der Waals surface area contributed by atoms with Gasteiger partial charge in [0.25, 0.3) is 5.91 Å². The van der Waals surface area contributed by atoms with E-state index in [-0.39, 0.29) is 11.7 Å². The number of ether oxygens (including phenoxy) is 2. The third kappa shape index (κ3) is 4.76. The number of likely N-dealkylation sites (N-methyl/N-ethyl adjacent to an activating group) is 1. The zero-order valence-corrected chi connectivity index (χ0v) is 15.8. The second kappa shape index (κ2) is 7.66. The van der Waals surface area contributed by atoms with Crippen LogP contribution in [0.1, 0.15) is 30.5 Å². The lowest BCUT2D eigenvalue weighted by Crippen LogP contribution is -2.25. The number of carbonyl (C=O) groups is 2. The van der Waals surface area contributed by atoms with Crippen molar-refractivity contribution in [3.05, 3.63) is 83.1 Å². The molecule has 1 aliphatic rings. The minimum Gasteiger partial charge on any atom is -0.445 e. The number of hydrogen-bond donors (Lipinski definition) is 0. The molecule has 1 amide bonds. The molecule has 0 radical (unpaired) electrons. The van der Waals surface area contributed by atoms with Gasteiger partial charge in [-0.1, -0.05) is 54.6 Å². The van der Waals surface area contributed by atoms with Crippen LogP contribution in [0.4, 0.5) is 0 Å². The van der Waals surface area contributed by atoms with E-state index in [9.17, 15) is 9.59 Å². The summed E-state index contributed by atoms with van der Waals surface area (Å²) in [4.78, 5) is 25.8. The van der Waals surface area contributed by atoms with E-state index in [0.717, 1.165) is 17.5 Å². The van der Waals surface area contributed by atoms with Gasteiger partial charge >= 0.3 is 5.97 Å². The highest BCUT2D eigenvalue weighted by Crippen LogP contribution is 2.26. The van der Waals surface area contributed by atoms with Crippen LogP contribution >= 0.6 is 0 Å². The van der Waals surface area contributed by atoms with Gasteiger partial charge in [0.2, 0.25) is 11.5 Å². The van der Waals surface area contributed by atoms with E-state index in [1.165, 1.54) is 11.6 Å². The molecule has 1 saturated heterocycles. The summed E-state index contributed by atoms with van der Waals surface area (Å²) >= 11 is 0. The van der Waals surface area contributed by atoms with Crippen LogP contribution < -0.4 is 0 Å². The van der Waals surface area contributed by atoms with Gasteiger partial charge in [0.1, 0.15) is 0 Å². The van der Waals surface area contributed by atoms with Gasteiger partial charge in [0, 0.05) is 27.4 Å². The Morgan fingerprint density at radius 1 is 1.00 bits per heavy atom. The lowest BCUT2D eigenvalue weighted by atomic mass is 9.99. The Hall–Kier alpha value is -3.08. The van der Waals surface area contributed by atoms with Gasteiger partial charge in [-0.05, 0) is 23.1 Å². The number of hydrogen-bond acceptors (Lipinski definition) is 4. The van der Waals surface area contributed by atoms with Gasteiger partial charge in [-0.3, -0.25) is 4.79 Å². The highest BCUT2D eigenvalue weighted by atomic mass is 16.8. The Labute approximate surface area is 159 Å². The first kappa shape index (κ1) is 18.7. The third-order valence-corrected chi connectivity index (χ3v) is 4.29. The number of benzene rings is 2. The maximum atomic E-state index is 12.5. The highest BCUT2D eigenvalue weighted by molar-refractivity contribution is 5.97. The standard InChI is InChI=1S/C22H23NO4/c1-22(2)26-19(21(25)27-22)14-20(24)23(3)15-18-12-8-7-11-17(18)13-16-9-5-4-6-10-16/h4-12,14H,13,15H2,1-3H3/b19-14-. The molecule has 1 aliphatic heterocycles. The number of cyclic esters (lactones) is 1. The Balaban J connectivity index is 1.72. The summed E-state index contributed by atoms with van der Waals surface area (Å²) in [7, 11) is 1.70.